The van der Waals surface area contributed by atoms with Gasteiger partial charge in [-0.15, -0.1) is 0 Å². The van der Waals surface area contributed by atoms with E-state index in [0.29, 0.717) is 26.1 Å². The predicted octanol–water partition coefficient (Wildman–Crippen LogP) is 1.94. The SMILES string of the molecule is CCCCOCCCNS(=O)(=O)c1ccc(C)c(CN)c1. The first-order valence-electron chi connectivity index (χ1n) is 7.38. The van der Waals surface area contributed by atoms with E-state index in [1.165, 1.54) is 0 Å². The van der Waals surface area contributed by atoms with E-state index >= 15 is 0 Å². The number of hydrogen-bond acceptors (Lipinski definition) is 4. The summed E-state index contributed by atoms with van der Waals surface area (Å²) in [4.78, 5) is 0.264. The fraction of sp³-hybridized carbons (Fsp3) is 0.600. The third kappa shape index (κ3) is 6.13. The molecule has 0 atom stereocenters. The molecule has 0 fully saturated rings. The summed E-state index contributed by atoms with van der Waals surface area (Å²) in [7, 11) is -3.47. The lowest BCUT2D eigenvalue weighted by molar-refractivity contribution is 0.130. The molecule has 0 heterocycles. The van der Waals surface area contributed by atoms with Gasteiger partial charge in [-0.2, -0.15) is 0 Å². The van der Waals surface area contributed by atoms with Crippen molar-refractivity contribution in [1.82, 2.24) is 4.72 Å². The van der Waals surface area contributed by atoms with Gasteiger partial charge in [-0.05, 0) is 43.0 Å². The minimum atomic E-state index is -3.47. The summed E-state index contributed by atoms with van der Waals surface area (Å²) in [6, 6.07) is 5.02. The molecule has 0 saturated heterocycles. The van der Waals surface area contributed by atoms with E-state index < -0.39 is 10.0 Å². The van der Waals surface area contributed by atoms with Crippen LogP contribution >= 0.6 is 0 Å². The monoisotopic (exact) mass is 314 g/mol. The van der Waals surface area contributed by atoms with Crippen LogP contribution in [0.3, 0.4) is 0 Å². The highest BCUT2D eigenvalue weighted by Crippen LogP contribution is 2.15. The summed E-state index contributed by atoms with van der Waals surface area (Å²) >= 11 is 0. The normalized spacial score (nSPS) is 11.8. The molecule has 0 radical (unpaired) electrons. The lowest BCUT2D eigenvalue weighted by Crippen LogP contribution is -2.26. The minimum absolute atomic E-state index is 0.264. The lowest BCUT2D eigenvalue weighted by Gasteiger charge is -2.10. The smallest absolute Gasteiger partial charge is 0.240 e. The van der Waals surface area contributed by atoms with Gasteiger partial charge in [0.1, 0.15) is 0 Å². The Balaban J connectivity index is 2.46. The third-order valence-electron chi connectivity index (χ3n) is 3.25. The number of nitrogens with one attached hydrogen (secondary N) is 1. The number of benzene rings is 1. The summed E-state index contributed by atoms with van der Waals surface area (Å²) in [5.41, 5.74) is 7.46. The lowest BCUT2D eigenvalue weighted by atomic mass is 10.1. The Bertz CT molecular complexity index is 530. The molecule has 120 valence electrons. The first kappa shape index (κ1) is 18.1. The standard InChI is InChI=1S/C15H26N2O3S/c1-3-4-9-20-10-5-8-17-21(18,19)15-7-6-13(2)14(11-15)12-16/h6-7,11,17H,3-5,8-10,12,16H2,1-2H3. The van der Waals surface area contributed by atoms with Crippen molar-refractivity contribution in [3.05, 3.63) is 29.3 Å². The van der Waals surface area contributed by atoms with Gasteiger partial charge in [-0.3, -0.25) is 0 Å². The van der Waals surface area contributed by atoms with E-state index in [1.807, 2.05) is 6.92 Å². The zero-order chi connectivity index (χ0) is 15.7. The second-order valence-electron chi connectivity index (χ2n) is 5.01. The number of nitrogens with two attached hydrogens (primary N) is 1. The van der Waals surface area contributed by atoms with Gasteiger partial charge < -0.3 is 10.5 Å². The Morgan fingerprint density at radius 3 is 2.62 bits per heavy atom. The molecule has 0 bridgehead atoms. The molecule has 1 aromatic carbocycles. The van der Waals surface area contributed by atoms with E-state index in [0.717, 1.165) is 30.6 Å². The van der Waals surface area contributed by atoms with Gasteiger partial charge in [-0.25, -0.2) is 13.1 Å². The zero-order valence-electron chi connectivity index (χ0n) is 12.9. The molecule has 21 heavy (non-hydrogen) atoms. The van der Waals surface area contributed by atoms with Gasteiger partial charge in [-0.1, -0.05) is 19.4 Å². The summed E-state index contributed by atoms with van der Waals surface area (Å²) < 4.78 is 32.3. The van der Waals surface area contributed by atoms with E-state index in [1.54, 1.807) is 18.2 Å². The molecule has 6 heteroatoms. The van der Waals surface area contributed by atoms with Crippen molar-refractivity contribution in [2.75, 3.05) is 19.8 Å². The van der Waals surface area contributed by atoms with Gasteiger partial charge >= 0.3 is 0 Å². The zero-order valence-corrected chi connectivity index (χ0v) is 13.7. The van der Waals surface area contributed by atoms with Gasteiger partial charge in [0.2, 0.25) is 10.0 Å². The van der Waals surface area contributed by atoms with Crippen LogP contribution in [-0.4, -0.2) is 28.2 Å². The van der Waals surface area contributed by atoms with Crippen LogP contribution in [0.1, 0.15) is 37.3 Å². The summed E-state index contributed by atoms with van der Waals surface area (Å²) in [5.74, 6) is 0. The van der Waals surface area contributed by atoms with Gasteiger partial charge in [0.25, 0.3) is 0 Å². The first-order valence-corrected chi connectivity index (χ1v) is 8.86. The average molecular weight is 314 g/mol. The van der Waals surface area contributed by atoms with E-state index in [-0.39, 0.29) is 4.90 Å². The third-order valence-corrected chi connectivity index (χ3v) is 4.71. The fourth-order valence-electron chi connectivity index (χ4n) is 1.85. The number of sulfonamides is 1. The van der Waals surface area contributed by atoms with Crippen molar-refractivity contribution in [3.8, 4) is 0 Å². The van der Waals surface area contributed by atoms with Gasteiger partial charge in [0, 0.05) is 26.3 Å². The molecule has 0 saturated carbocycles. The highest BCUT2D eigenvalue weighted by Gasteiger charge is 2.14. The van der Waals surface area contributed by atoms with Crippen molar-refractivity contribution in [1.29, 1.82) is 0 Å². The molecular weight excluding hydrogens is 288 g/mol. The van der Waals surface area contributed by atoms with Crippen LogP contribution in [0.25, 0.3) is 0 Å². The summed E-state index contributed by atoms with van der Waals surface area (Å²) in [5, 5.41) is 0. The fourth-order valence-corrected chi connectivity index (χ4v) is 2.97. The van der Waals surface area contributed by atoms with Crippen molar-refractivity contribution in [3.63, 3.8) is 0 Å². The molecule has 0 aliphatic carbocycles. The topological polar surface area (TPSA) is 81.4 Å². The van der Waals surface area contributed by atoms with Crippen LogP contribution in [0.4, 0.5) is 0 Å². The van der Waals surface area contributed by atoms with E-state index in [9.17, 15) is 8.42 Å². The van der Waals surface area contributed by atoms with Crippen LogP contribution < -0.4 is 10.5 Å². The van der Waals surface area contributed by atoms with Crippen molar-refractivity contribution < 1.29 is 13.2 Å². The highest BCUT2D eigenvalue weighted by atomic mass is 32.2. The Morgan fingerprint density at radius 1 is 1.24 bits per heavy atom. The summed E-state index contributed by atoms with van der Waals surface area (Å²) in [6.07, 6.45) is 2.80. The Labute approximate surface area is 127 Å². The minimum Gasteiger partial charge on any atom is -0.381 e. The average Bonchev–Trinajstić information content (AvgIpc) is 2.46. The second-order valence-corrected chi connectivity index (χ2v) is 6.78. The predicted molar refractivity (Wildman–Crippen MR) is 84.6 cm³/mol. The maximum absolute atomic E-state index is 12.2. The molecule has 0 unspecified atom stereocenters. The van der Waals surface area contributed by atoms with Crippen LogP contribution in [0.2, 0.25) is 0 Å². The molecule has 0 aliphatic rings. The van der Waals surface area contributed by atoms with Crippen LogP contribution in [0, 0.1) is 6.92 Å². The maximum Gasteiger partial charge on any atom is 0.240 e. The Morgan fingerprint density at radius 2 is 1.95 bits per heavy atom. The molecule has 0 spiro atoms. The van der Waals surface area contributed by atoms with Crippen LogP contribution in [-0.2, 0) is 21.3 Å². The highest BCUT2D eigenvalue weighted by molar-refractivity contribution is 7.89. The molecule has 1 aromatic rings. The Kier molecular flexibility index (Phi) is 7.88. The molecule has 3 N–H and O–H groups in total. The quantitative estimate of drug-likeness (QED) is 0.647. The molecular formula is C15H26N2O3S. The van der Waals surface area contributed by atoms with Crippen LogP contribution in [0.5, 0.6) is 0 Å². The van der Waals surface area contributed by atoms with E-state index in [2.05, 4.69) is 11.6 Å². The molecule has 1 rings (SSSR count). The van der Waals surface area contributed by atoms with Crippen molar-refractivity contribution >= 4 is 10.0 Å². The first-order chi connectivity index (χ1) is 10.0. The Hall–Kier alpha value is -0.950. The number of ether oxygens (including phenoxy) is 1. The van der Waals surface area contributed by atoms with Crippen molar-refractivity contribution in [2.24, 2.45) is 5.73 Å². The molecule has 0 amide bonds. The molecule has 0 aliphatic heterocycles. The molecule has 5 nitrogen and oxygen atoms in total. The number of hydrogen-bond donors (Lipinski definition) is 2. The molecule has 0 aromatic heterocycles. The largest absolute Gasteiger partial charge is 0.381 e. The van der Waals surface area contributed by atoms with Gasteiger partial charge in [0.15, 0.2) is 0 Å². The number of rotatable bonds is 10. The van der Waals surface area contributed by atoms with Crippen LogP contribution in [0.15, 0.2) is 23.1 Å². The van der Waals surface area contributed by atoms with Crippen molar-refractivity contribution in [2.45, 2.75) is 44.6 Å². The number of aryl methyl sites for hydroxylation is 1. The summed E-state index contributed by atoms with van der Waals surface area (Å²) in [6.45, 7) is 6.04. The van der Waals surface area contributed by atoms with E-state index in [4.69, 9.17) is 10.5 Å². The maximum atomic E-state index is 12.2. The van der Waals surface area contributed by atoms with Gasteiger partial charge in [0.05, 0.1) is 4.90 Å². The second kappa shape index (κ2) is 9.15. The number of unbranched alkanes of at least 4 members (excludes halogenated alkanes) is 1.